The van der Waals surface area contributed by atoms with Gasteiger partial charge in [0.25, 0.3) is 0 Å². The molecule has 0 radical (unpaired) electrons. The van der Waals surface area contributed by atoms with Gasteiger partial charge in [0.15, 0.2) is 0 Å². The van der Waals surface area contributed by atoms with Gasteiger partial charge in [-0.1, -0.05) is 30.3 Å². The van der Waals surface area contributed by atoms with E-state index in [4.69, 9.17) is 5.14 Å². The van der Waals surface area contributed by atoms with Crippen LogP contribution in [0.1, 0.15) is 30.5 Å². The fourth-order valence-corrected chi connectivity index (χ4v) is 3.31. The molecule has 0 aromatic heterocycles. The van der Waals surface area contributed by atoms with E-state index in [1.54, 1.807) is 19.1 Å². The summed E-state index contributed by atoms with van der Waals surface area (Å²) in [5.74, 6) is -0.662. The average Bonchev–Trinajstić information content (AvgIpc) is 2.64. The van der Waals surface area contributed by atoms with E-state index < -0.39 is 22.4 Å². The summed E-state index contributed by atoms with van der Waals surface area (Å²) in [6.07, 6.45) is -4.81. The largest absolute Gasteiger partial charge is 0.573 e. The molecule has 6 nitrogen and oxygen atoms in total. The molecule has 0 bridgehead atoms. The molecule has 2 aromatic rings. The van der Waals surface area contributed by atoms with Crippen molar-refractivity contribution >= 4 is 15.9 Å². The molecule has 0 heterocycles. The molecule has 0 spiro atoms. The monoisotopic (exact) mass is 430 g/mol. The molecule has 1 amide bonds. The Labute approximate surface area is 167 Å². The second-order valence-electron chi connectivity index (χ2n) is 6.45. The number of nitrogens with two attached hydrogens (primary N) is 1. The Morgan fingerprint density at radius 1 is 1.17 bits per heavy atom. The molecular formula is C19H21F3N2O4S. The maximum Gasteiger partial charge on any atom is 0.573 e. The molecule has 2 rings (SSSR count). The molecule has 0 aliphatic heterocycles. The topological polar surface area (TPSA) is 89.7 Å². The zero-order valence-electron chi connectivity index (χ0n) is 15.8. The number of halogens is 3. The Balaban J connectivity index is 2.09. The number of carbonyl (C=O) groups excluding carboxylic acids is 1. The maximum absolute atomic E-state index is 12.5. The van der Waals surface area contributed by atoms with Crippen molar-refractivity contribution in [3.8, 4) is 5.75 Å². The predicted molar refractivity (Wildman–Crippen MR) is 100 cm³/mol. The number of para-hydroxylation sites is 1. The number of nitrogens with zero attached hydrogens (tertiary/aromatic N) is 1. The van der Waals surface area contributed by atoms with Crippen LogP contribution in [0.4, 0.5) is 13.2 Å². The number of benzene rings is 2. The number of sulfonamides is 1. The average molecular weight is 430 g/mol. The van der Waals surface area contributed by atoms with Crippen molar-refractivity contribution in [1.82, 2.24) is 4.90 Å². The molecule has 0 fully saturated rings. The number of rotatable bonds is 7. The minimum atomic E-state index is -4.82. The Bertz CT molecular complexity index is 977. The van der Waals surface area contributed by atoms with Gasteiger partial charge in [0.2, 0.25) is 15.9 Å². The van der Waals surface area contributed by atoms with E-state index in [1.165, 1.54) is 48.3 Å². The van der Waals surface area contributed by atoms with Crippen LogP contribution in [0.15, 0.2) is 53.4 Å². The van der Waals surface area contributed by atoms with Gasteiger partial charge >= 0.3 is 6.36 Å². The van der Waals surface area contributed by atoms with Gasteiger partial charge in [-0.15, -0.1) is 13.2 Å². The van der Waals surface area contributed by atoms with Crippen LogP contribution in [0.2, 0.25) is 0 Å². The first kappa shape index (κ1) is 22.7. The summed E-state index contributed by atoms with van der Waals surface area (Å²) in [4.78, 5) is 13.9. The van der Waals surface area contributed by atoms with E-state index in [-0.39, 0.29) is 35.0 Å². The number of hydrogen-bond acceptors (Lipinski definition) is 4. The lowest BCUT2D eigenvalue weighted by Crippen LogP contribution is -2.30. The number of amides is 1. The van der Waals surface area contributed by atoms with E-state index >= 15 is 0 Å². The zero-order chi connectivity index (χ0) is 21.8. The van der Waals surface area contributed by atoms with Gasteiger partial charge in [0.05, 0.1) is 10.9 Å². The van der Waals surface area contributed by atoms with E-state index in [0.29, 0.717) is 5.56 Å². The summed E-state index contributed by atoms with van der Waals surface area (Å²) < 4.78 is 64.5. The lowest BCUT2D eigenvalue weighted by atomic mass is 10.1. The molecule has 2 N–H and O–H groups in total. The van der Waals surface area contributed by atoms with Gasteiger partial charge in [-0.05, 0) is 42.7 Å². The van der Waals surface area contributed by atoms with Crippen molar-refractivity contribution in [3.63, 3.8) is 0 Å². The molecule has 1 unspecified atom stereocenters. The molecule has 0 aliphatic carbocycles. The Morgan fingerprint density at radius 2 is 1.83 bits per heavy atom. The van der Waals surface area contributed by atoms with Gasteiger partial charge in [-0.3, -0.25) is 4.79 Å². The number of aryl methyl sites for hydroxylation is 1. The van der Waals surface area contributed by atoms with Crippen LogP contribution in [0.25, 0.3) is 0 Å². The maximum atomic E-state index is 12.5. The van der Waals surface area contributed by atoms with Crippen LogP contribution in [0, 0.1) is 0 Å². The van der Waals surface area contributed by atoms with Crippen LogP contribution in [-0.2, 0) is 21.2 Å². The summed E-state index contributed by atoms with van der Waals surface area (Å²) in [5.41, 5.74) is 0.823. The van der Waals surface area contributed by atoms with Crippen LogP contribution in [0.5, 0.6) is 5.75 Å². The summed E-state index contributed by atoms with van der Waals surface area (Å²) >= 11 is 0. The van der Waals surface area contributed by atoms with E-state index in [9.17, 15) is 26.4 Å². The molecular weight excluding hydrogens is 409 g/mol. The number of alkyl halides is 3. The van der Waals surface area contributed by atoms with E-state index in [0.717, 1.165) is 0 Å². The third kappa shape index (κ3) is 6.47. The van der Waals surface area contributed by atoms with Crippen LogP contribution >= 0.6 is 0 Å². The third-order valence-corrected chi connectivity index (χ3v) is 5.36. The SMILES string of the molecule is CC(c1cccc(S(N)(=O)=O)c1)N(C)C(=O)CCc1ccccc1OC(F)(F)F. The molecule has 0 saturated carbocycles. The minimum absolute atomic E-state index is 0.0477. The highest BCUT2D eigenvalue weighted by atomic mass is 32.2. The number of hydrogen-bond donors (Lipinski definition) is 1. The second kappa shape index (κ2) is 8.83. The van der Waals surface area contributed by atoms with Gasteiger partial charge < -0.3 is 9.64 Å². The van der Waals surface area contributed by atoms with E-state index in [1.807, 2.05) is 0 Å². The first-order chi connectivity index (χ1) is 13.4. The predicted octanol–water partition coefficient (Wildman–Crippen LogP) is 3.38. The normalized spacial score (nSPS) is 13.0. The summed E-state index contributed by atoms with van der Waals surface area (Å²) in [5, 5.41) is 5.13. The Hall–Kier alpha value is -2.59. The van der Waals surface area contributed by atoms with Crippen molar-refractivity contribution in [2.75, 3.05) is 7.05 Å². The standard InChI is InChI=1S/C19H21F3N2O4S/c1-13(15-7-5-8-16(12-15)29(23,26)27)24(2)18(25)11-10-14-6-3-4-9-17(14)28-19(20,21)22/h3-9,12-13H,10-11H2,1-2H3,(H2,23,26,27). The molecule has 158 valence electrons. The molecule has 2 aromatic carbocycles. The molecule has 0 aliphatic rings. The quantitative estimate of drug-likeness (QED) is 0.729. The molecule has 10 heteroatoms. The fraction of sp³-hybridized carbons (Fsp3) is 0.316. The van der Waals surface area contributed by atoms with Crippen LogP contribution in [-0.4, -0.2) is 32.6 Å². The van der Waals surface area contributed by atoms with Crippen LogP contribution < -0.4 is 9.88 Å². The van der Waals surface area contributed by atoms with Crippen molar-refractivity contribution in [2.45, 2.75) is 37.1 Å². The first-order valence-electron chi connectivity index (χ1n) is 8.60. The van der Waals surface area contributed by atoms with Crippen LogP contribution in [0.3, 0.4) is 0 Å². The highest BCUT2D eigenvalue weighted by Gasteiger charge is 2.32. The lowest BCUT2D eigenvalue weighted by molar-refractivity contribution is -0.274. The molecule has 1 atom stereocenters. The Kier molecular flexibility index (Phi) is 6.91. The number of ether oxygens (including phenoxy) is 1. The first-order valence-corrected chi connectivity index (χ1v) is 10.1. The fourth-order valence-electron chi connectivity index (χ4n) is 2.74. The minimum Gasteiger partial charge on any atom is -0.406 e. The zero-order valence-corrected chi connectivity index (χ0v) is 16.6. The van der Waals surface area contributed by atoms with Gasteiger partial charge in [-0.25, -0.2) is 13.6 Å². The third-order valence-electron chi connectivity index (χ3n) is 4.45. The summed E-state index contributed by atoms with van der Waals surface area (Å²) in [6, 6.07) is 11.1. The van der Waals surface area contributed by atoms with Gasteiger partial charge in [0, 0.05) is 13.5 Å². The Morgan fingerprint density at radius 3 is 2.45 bits per heavy atom. The summed E-state index contributed by atoms with van der Waals surface area (Å²) in [6.45, 7) is 1.71. The number of primary sulfonamides is 1. The second-order valence-corrected chi connectivity index (χ2v) is 8.02. The smallest absolute Gasteiger partial charge is 0.406 e. The van der Waals surface area contributed by atoms with E-state index in [2.05, 4.69) is 4.74 Å². The lowest BCUT2D eigenvalue weighted by Gasteiger charge is -2.26. The van der Waals surface area contributed by atoms with Crippen molar-refractivity contribution in [3.05, 3.63) is 59.7 Å². The van der Waals surface area contributed by atoms with Gasteiger partial charge in [0.1, 0.15) is 5.75 Å². The van der Waals surface area contributed by atoms with Crippen molar-refractivity contribution in [2.24, 2.45) is 5.14 Å². The van der Waals surface area contributed by atoms with Crippen molar-refractivity contribution in [1.29, 1.82) is 0 Å². The highest BCUT2D eigenvalue weighted by molar-refractivity contribution is 7.89. The highest BCUT2D eigenvalue weighted by Crippen LogP contribution is 2.28. The summed E-state index contributed by atoms with van der Waals surface area (Å²) in [7, 11) is -2.34. The van der Waals surface area contributed by atoms with Gasteiger partial charge in [-0.2, -0.15) is 0 Å². The molecule has 29 heavy (non-hydrogen) atoms. The van der Waals surface area contributed by atoms with Crippen molar-refractivity contribution < 1.29 is 31.1 Å². The number of carbonyl (C=O) groups is 1. The molecule has 0 saturated heterocycles.